The summed E-state index contributed by atoms with van der Waals surface area (Å²) in [4.78, 5) is 15.1. The van der Waals surface area contributed by atoms with Crippen molar-refractivity contribution >= 4 is 40.4 Å². The maximum Gasteiger partial charge on any atom is 0.261 e. The number of halogens is 1. The van der Waals surface area contributed by atoms with Crippen LogP contribution in [0.1, 0.15) is 22.5 Å². The molecule has 6 nitrogen and oxygen atoms in total. The summed E-state index contributed by atoms with van der Waals surface area (Å²) in [7, 11) is 0. The van der Waals surface area contributed by atoms with E-state index >= 15 is 0 Å². The van der Waals surface area contributed by atoms with Gasteiger partial charge in [-0.1, -0.05) is 17.7 Å². The molecule has 1 aliphatic rings. The summed E-state index contributed by atoms with van der Waals surface area (Å²) in [6.07, 6.45) is 3.73. The number of nitrogens with one attached hydrogen (secondary N) is 1. The summed E-state index contributed by atoms with van der Waals surface area (Å²) >= 11 is 7.19. The molecule has 1 aliphatic heterocycles. The predicted molar refractivity (Wildman–Crippen MR) is 95.0 cm³/mol. The van der Waals surface area contributed by atoms with Gasteiger partial charge in [-0.05, 0) is 37.1 Å². The van der Waals surface area contributed by atoms with Crippen molar-refractivity contribution < 1.29 is 4.79 Å². The number of piperidine rings is 1. The van der Waals surface area contributed by atoms with Gasteiger partial charge in [-0.2, -0.15) is 0 Å². The lowest BCUT2D eigenvalue weighted by Crippen LogP contribution is -2.45. The maximum atomic E-state index is 12.2. The Labute approximate surface area is 148 Å². The number of carbonyl (C=O) groups is 1. The van der Waals surface area contributed by atoms with Gasteiger partial charge in [0.15, 0.2) is 5.65 Å². The van der Waals surface area contributed by atoms with E-state index in [0.717, 1.165) is 37.5 Å². The molecule has 3 aromatic rings. The summed E-state index contributed by atoms with van der Waals surface area (Å²) in [6, 6.07) is 9.55. The first-order valence-electron chi connectivity index (χ1n) is 7.81. The highest BCUT2D eigenvalue weighted by Gasteiger charge is 2.24. The molecule has 1 fully saturated rings. The molecule has 1 saturated heterocycles. The second-order valence-electron chi connectivity index (χ2n) is 5.77. The van der Waals surface area contributed by atoms with E-state index in [0.29, 0.717) is 9.21 Å². The van der Waals surface area contributed by atoms with Gasteiger partial charge in [0.05, 0.1) is 9.21 Å². The van der Waals surface area contributed by atoms with Crippen molar-refractivity contribution in [3.05, 3.63) is 45.7 Å². The molecule has 0 spiro atoms. The third kappa shape index (κ3) is 2.97. The van der Waals surface area contributed by atoms with Crippen molar-refractivity contribution in [2.75, 3.05) is 18.0 Å². The fourth-order valence-corrected chi connectivity index (χ4v) is 3.91. The second kappa shape index (κ2) is 6.41. The minimum atomic E-state index is -0.0433. The smallest absolute Gasteiger partial charge is 0.261 e. The first-order chi connectivity index (χ1) is 11.7. The minimum absolute atomic E-state index is 0.0433. The average Bonchev–Trinajstić information content (AvgIpc) is 3.22. The van der Waals surface area contributed by atoms with Gasteiger partial charge in [0.1, 0.15) is 0 Å². The lowest BCUT2D eigenvalue weighted by atomic mass is 10.1. The number of thiophene rings is 1. The predicted octanol–water partition coefficient (Wildman–Crippen LogP) is 2.84. The molecule has 3 aromatic heterocycles. The molecule has 4 heterocycles. The largest absolute Gasteiger partial charge is 0.348 e. The van der Waals surface area contributed by atoms with E-state index in [2.05, 4.69) is 20.4 Å². The lowest BCUT2D eigenvalue weighted by molar-refractivity contribution is 0.0935. The van der Waals surface area contributed by atoms with Crippen LogP contribution in [0.25, 0.3) is 5.65 Å². The molecule has 0 atom stereocenters. The van der Waals surface area contributed by atoms with E-state index in [1.54, 1.807) is 12.1 Å². The summed E-state index contributed by atoms with van der Waals surface area (Å²) in [6.45, 7) is 1.68. The molecule has 124 valence electrons. The summed E-state index contributed by atoms with van der Waals surface area (Å²) in [5.74, 6) is 0.818. The van der Waals surface area contributed by atoms with Crippen molar-refractivity contribution in [2.45, 2.75) is 18.9 Å². The Kier molecular flexibility index (Phi) is 4.12. The molecule has 8 heteroatoms. The second-order valence-corrected chi connectivity index (χ2v) is 7.48. The van der Waals surface area contributed by atoms with Gasteiger partial charge in [0, 0.05) is 25.3 Å². The first-order valence-corrected chi connectivity index (χ1v) is 9.01. The van der Waals surface area contributed by atoms with Gasteiger partial charge in [0.2, 0.25) is 5.95 Å². The van der Waals surface area contributed by atoms with Gasteiger partial charge in [-0.15, -0.1) is 21.5 Å². The zero-order valence-electron chi connectivity index (χ0n) is 12.9. The van der Waals surface area contributed by atoms with E-state index in [1.807, 2.05) is 28.8 Å². The number of carbonyl (C=O) groups excluding carboxylic acids is 1. The summed E-state index contributed by atoms with van der Waals surface area (Å²) in [5, 5.41) is 11.6. The Morgan fingerprint density at radius 2 is 2.04 bits per heavy atom. The number of rotatable bonds is 3. The monoisotopic (exact) mass is 361 g/mol. The number of amides is 1. The van der Waals surface area contributed by atoms with Crippen LogP contribution in [0.5, 0.6) is 0 Å². The van der Waals surface area contributed by atoms with Crippen LogP contribution in [0, 0.1) is 0 Å². The van der Waals surface area contributed by atoms with Crippen molar-refractivity contribution in [1.29, 1.82) is 0 Å². The Morgan fingerprint density at radius 3 is 2.79 bits per heavy atom. The molecular formula is C16H16ClN5OS. The number of hydrogen-bond acceptors (Lipinski definition) is 5. The summed E-state index contributed by atoms with van der Waals surface area (Å²) in [5.41, 5.74) is 0.845. The molecule has 0 saturated carbocycles. The van der Waals surface area contributed by atoms with Gasteiger partial charge in [0.25, 0.3) is 5.91 Å². The molecule has 1 amide bonds. The van der Waals surface area contributed by atoms with Gasteiger partial charge in [-0.25, -0.2) is 0 Å². The molecule has 24 heavy (non-hydrogen) atoms. The van der Waals surface area contributed by atoms with Crippen LogP contribution in [0.3, 0.4) is 0 Å². The van der Waals surface area contributed by atoms with Crippen molar-refractivity contribution in [2.24, 2.45) is 0 Å². The summed E-state index contributed by atoms with van der Waals surface area (Å²) < 4.78 is 2.63. The molecular weight excluding hydrogens is 346 g/mol. The maximum absolute atomic E-state index is 12.2. The molecule has 0 aromatic carbocycles. The van der Waals surface area contributed by atoms with Crippen LogP contribution in [0.2, 0.25) is 4.34 Å². The topological polar surface area (TPSA) is 62.5 Å². The fraction of sp³-hybridized carbons (Fsp3) is 0.312. The number of pyridine rings is 1. The number of aromatic nitrogens is 3. The number of hydrogen-bond donors (Lipinski definition) is 1. The van der Waals surface area contributed by atoms with Crippen LogP contribution >= 0.6 is 22.9 Å². The standard InChI is InChI=1S/C16H16ClN5OS/c17-13-5-4-12(24-13)15(23)18-11-6-9-21(10-7-11)16-20-19-14-3-1-2-8-22(14)16/h1-5,8,11H,6-7,9-10H2,(H,18,23). The Balaban J connectivity index is 1.39. The normalized spacial score (nSPS) is 15.8. The lowest BCUT2D eigenvalue weighted by Gasteiger charge is -2.32. The number of nitrogens with zero attached hydrogens (tertiary/aromatic N) is 4. The highest BCUT2D eigenvalue weighted by atomic mass is 35.5. The van der Waals surface area contributed by atoms with Crippen molar-refractivity contribution in [3.8, 4) is 0 Å². The third-order valence-electron chi connectivity index (χ3n) is 4.21. The quantitative estimate of drug-likeness (QED) is 0.779. The van der Waals surface area contributed by atoms with Crippen LogP contribution in [-0.2, 0) is 0 Å². The van der Waals surface area contributed by atoms with Crippen LogP contribution in [0.15, 0.2) is 36.5 Å². The fourth-order valence-electron chi connectivity index (χ4n) is 2.96. The molecule has 0 aliphatic carbocycles. The number of anilines is 1. The van der Waals surface area contributed by atoms with E-state index < -0.39 is 0 Å². The Hall–Kier alpha value is -2.12. The van der Waals surface area contributed by atoms with Crippen LogP contribution < -0.4 is 10.2 Å². The molecule has 0 radical (unpaired) electrons. The van der Waals surface area contributed by atoms with Crippen molar-refractivity contribution in [3.63, 3.8) is 0 Å². The van der Waals surface area contributed by atoms with Crippen LogP contribution in [0.4, 0.5) is 5.95 Å². The van der Waals surface area contributed by atoms with Crippen LogP contribution in [-0.4, -0.2) is 39.6 Å². The average molecular weight is 362 g/mol. The van der Waals surface area contributed by atoms with E-state index in [9.17, 15) is 4.79 Å². The van der Waals surface area contributed by atoms with Crippen molar-refractivity contribution in [1.82, 2.24) is 19.9 Å². The molecule has 0 unspecified atom stereocenters. The van der Waals surface area contributed by atoms with E-state index in [1.165, 1.54) is 11.3 Å². The Morgan fingerprint density at radius 1 is 1.21 bits per heavy atom. The zero-order chi connectivity index (χ0) is 16.5. The first kappa shape index (κ1) is 15.4. The highest BCUT2D eigenvalue weighted by Crippen LogP contribution is 2.23. The van der Waals surface area contributed by atoms with Gasteiger partial charge >= 0.3 is 0 Å². The van der Waals surface area contributed by atoms with E-state index in [-0.39, 0.29) is 11.9 Å². The molecule has 4 rings (SSSR count). The molecule has 1 N–H and O–H groups in total. The number of fused-ring (bicyclic) bond motifs is 1. The zero-order valence-corrected chi connectivity index (χ0v) is 14.4. The van der Waals surface area contributed by atoms with Gasteiger partial charge < -0.3 is 10.2 Å². The highest BCUT2D eigenvalue weighted by molar-refractivity contribution is 7.18. The minimum Gasteiger partial charge on any atom is -0.348 e. The Bertz CT molecular complexity index is 868. The van der Waals surface area contributed by atoms with Gasteiger partial charge in [-0.3, -0.25) is 9.20 Å². The SMILES string of the molecule is O=C(NC1CCN(c2nnc3ccccn23)CC1)c1ccc(Cl)s1. The molecule has 0 bridgehead atoms. The van der Waals surface area contributed by atoms with E-state index in [4.69, 9.17) is 11.6 Å². The third-order valence-corrected chi connectivity index (χ3v) is 5.44.